The van der Waals surface area contributed by atoms with Crippen molar-refractivity contribution in [1.82, 2.24) is 4.98 Å². The zero-order valence-corrected chi connectivity index (χ0v) is 18.1. The summed E-state index contributed by atoms with van der Waals surface area (Å²) >= 11 is 0. The molecule has 156 valence electrons. The number of allylic oxidation sites excluding steroid dienone is 2. The molecule has 1 aliphatic rings. The second kappa shape index (κ2) is 9.53. The van der Waals surface area contributed by atoms with Gasteiger partial charge in [0.25, 0.3) is 0 Å². The highest BCUT2D eigenvalue weighted by atomic mass is 32.2. The molecule has 0 fully saturated rings. The fraction of sp³-hybridized carbons (Fsp3) is 0.478. The summed E-state index contributed by atoms with van der Waals surface area (Å²) in [6.45, 7) is 3.70. The van der Waals surface area contributed by atoms with Crippen LogP contribution in [0, 0.1) is 13.8 Å². The minimum absolute atomic E-state index is 0.221. The van der Waals surface area contributed by atoms with Crippen molar-refractivity contribution in [3.8, 4) is 11.5 Å². The lowest BCUT2D eigenvalue weighted by Crippen LogP contribution is -2.18. The van der Waals surface area contributed by atoms with Crippen molar-refractivity contribution in [2.24, 2.45) is 0 Å². The van der Waals surface area contributed by atoms with Crippen LogP contribution in [0.2, 0.25) is 0 Å². The van der Waals surface area contributed by atoms with Crippen LogP contribution in [0.4, 0.5) is 0 Å². The third-order valence-corrected chi connectivity index (χ3v) is 6.74. The first kappa shape index (κ1) is 21.5. The van der Waals surface area contributed by atoms with Gasteiger partial charge in [-0.1, -0.05) is 29.3 Å². The Morgan fingerprint density at radius 1 is 1.14 bits per heavy atom. The van der Waals surface area contributed by atoms with E-state index in [9.17, 15) is 13.2 Å². The third-order valence-electron chi connectivity index (χ3n) is 5.27. The van der Waals surface area contributed by atoms with Gasteiger partial charge in [0.2, 0.25) is 5.89 Å². The van der Waals surface area contributed by atoms with Crippen molar-refractivity contribution in [1.29, 1.82) is 0 Å². The molecule has 5 nitrogen and oxygen atoms in total. The molecule has 3 rings (SSSR count). The number of oxazole rings is 1. The van der Waals surface area contributed by atoms with E-state index in [2.05, 4.69) is 11.1 Å². The molecule has 1 aromatic carbocycles. The van der Waals surface area contributed by atoms with E-state index in [4.69, 9.17) is 4.42 Å². The smallest absolute Gasteiger partial charge is 0.226 e. The number of ketones is 1. The minimum Gasteiger partial charge on any atom is -0.441 e. The van der Waals surface area contributed by atoms with Gasteiger partial charge in [0.1, 0.15) is 17.3 Å². The molecule has 0 radical (unpaired) electrons. The Morgan fingerprint density at radius 3 is 2.59 bits per heavy atom. The van der Waals surface area contributed by atoms with Crippen LogP contribution >= 0.6 is 0 Å². The molecule has 0 saturated carbocycles. The number of aryl methyl sites for hydroxylation is 2. The Morgan fingerprint density at radius 2 is 1.90 bits per heavy atom. The molecule has 1 heterocycles. The number of sulfone groups is 1. The van der Waals surface area contributed by atoms with Gasteiger partial charge in [-0.15, -0.1) is 0 Å². The zero-order chi connectivity index (χ0) is 20.9. The standard InChI is InChI=1S/C23H29NO4S/c1-17-11-13-20(14-12-17)23-24-22(18(2)28-23)16-29(26,27)15-21(25)10-6-9-19-7-4-3-5-8-19/h7,11-14H,3-6,8-10,15-16H2,1-2H3. The van der Waals surface area contributed by atoms with Crippen molar-refractivity contribution in [2.75, 3.05) is 5.75 Å². The van der Waals surface area contributed by atoms with E-state index in [-0.39, 0.29) is 11.5 Å². The van der Waals surface area contributed by atoms with E-state index < -0.39 is 15.6 Å². The predicted octanol–water partition coefficient (Wildman–Crippen LogP) is 5.11. The van der Waals surface area contributed by atoms with Crippen molar-refractivity contribution in [2.45, 2.75) is 64.5 Å². The summed E-state index contributed by atoms with van der Waals surface area (Å²) in [6.07, 6.45) is 8.89. The maximum Gasteiger partial charge on any atom is 0.226 e. The van der Waals surface area contributed by atoms with E-state index in [1.54, 1.807) is 6.92 Å². The number of Topliss-reactive ketones (excluding diaryl/α,β-unsaturated/α-hetero) is 1. The zero-order valence-electron chi connectivity index (χ0n) is 17.2. The van der Waals surface area contributed by atoms with E-state index in [0.29, 0.717) is 23.8 Å². The molecule has 6 heteroatoms. The van der Waals surface area contributed by atoms with Crippen LogP contribution in [-0.2, 0) is 20.4 Å². The monoisotopic (exact) mass is 415 g/mol. The molecular weight excluding hydrogens is 386 g/mol. The number of aromatic nitrogens is 1. The lowest BCUT2D eigenvalue weighted by atomic mass is 9.95. The molecule has 1 aliphatic carbocycles. The van der Waals surface area contributed by atoms with Crippen LogP contribution in [0.3, 0.4) is 0 Å². The Bertz CT molecular complexity index is 984. The normalized spacial score (nSPS) is 14.6. The Balaban J connectivity index is 1.55. The maximum atomic E-state index is 12.5. The lowest BCUT2D eigenvalue weighted by Gasteiger charge is -2.12. The average Bonchev–Trinajstić information content (AvgIpc) is 3.02. The number of benzene rings is 1. The molecule has 2 aromatic rings. The highest BCUT2D eigenvalue weighted by Gasteiger charge is 2.22. The number of carbonyl (C=O) groups is 1. The summed E-state index contributed by atoms with van der Waals surface area (Å²) in [6, 6.07) is 7.69. The first-order chi connectivity index (χ1) is 13.8. The second-order valence-electron chi connectivity index (χ2n) is 7.92. The number of hydrogen-bond acceptors (Lipinski definition) is 5. The van der Waals surface area contributed by atoms with Gasteiger partial charge in [0.15, 0.2) is 9.84 Å². The highest BCUT2D eigenvalue weighted by Crippen LogP contribution is 2.24. The SMILES string of the molecule is Cc1ccc(-c2nc(CS(=O)(=O)CC(=O)CCCC3=CCCCC3)c(C)o2)cc1. The van der Waals surface area contributed by atoms with Gasteiger partial charge in [-0.05, 0) is 64.5 Å². The summed E-state index contributed by atoms with van der Waals surface area (Å²) < 4.78 is 30.7. The predicted molar refractivity (Wildman–Crippen MR) is 114 cm³/mol. The number of carbonyl (C=O) groups excluding carboxylic acids is 1. The van der Waals surface area contributed by atoms with E-state index in [1.807, 2.05) is 31.2 Å². The fourth-order valence-corrected chi connectivity index (χ4v) is 5.02. The molecule has 0 N–H and O–H groups in total. The van der Waals surface area contributed by atoms with Gasteiger partial charge < -0.3 is 4.42 Å². The molecule has 0 atom stereocenters. The summed E-state index contributed by atoms with van der Waals surface area (Å²) in [7, 11) is -3.57. The first-order valence-electron chi connectivity index (χ1n) is 10.3. The van der Waals surface area contributed by atoms with Crippen molar-refractivity contribution in [3.63, 3.8) is 0 Å². The third kappa shape index (κ3) is 6.39. The van der Waals surface area contributed by atoms with Crippen LogP contribution in [-0.4, -0.2) is 24.9 Å². The minimum atomic E-state index is -3.57. The average molecular weight is 416 g/mol. The first-order valence-corrected chi connectivity index (χ1v) is 12.1. The van der Waals surface area contributed by atoms with Gasteiger partial charge >= 0.3 is 0 Å². The quantitative estimate of drug-likeness (QED) is 0.532. The highest BCUT2D eigenvalue weighted by molar-refractivity contribution is 7.91. The van der Waals surface area contributed by atoms with Crippen molar-refractivity contribution >= 4 is 15.6 Å². The van der Waals surface area contributed by atoms with Gasteiger partial charge in [-0.25, -0.2) is 13.4 Å². The van der Waals surface area contributed by atoms with Crippen molar-refractivity contribution < 1.29 is 17.6 Å². The number of nitrogens with zero attached hydrogens (tertiary/aromatic N) is 1. The van der Waals surface area contributed by atoms with Gasteiger partial charge in [-0.2, -0.15) is 0 Å². The van der Waals surface area contributed by atoms with Gasteiger partial charge in [0, 0.05) is 12.0 Å². The molecule has 0 bridgehead atoms. The van der Waals surface area contributed by atoms with Crippen LogP contribution in [0.15, 0.2) is 40.3 Å². The van der Waals surface area contributed by atoms with E-state index >= 15 is 0 Å². The molecule has 0 unspecified atom stereocenters. The molecule has 1 aromatic heterocycles. The van der Waals surface area contributed by atoms with Crippen LogP contribution < -0.4 is 0 Å². The molecule has 0 aliphatic heterocycles. The Kier molecular flexibility index (Phi) is 7.06. The summed E-state index contributed by atoms with van der Waals surface area (Å²) in [4.78, 5) is 16.6. The van der Waals surface area contributed by atoms with E-state index in [0.717, 1.165) is 36.8 Å². The summed E-state index contributed by atoms with van der Waals surface area (Å²) in [5, 5.41) is 0. The topological polar surface area (TPSA) is 77.2 Å². The molecule has 0 amide bonds. The maximum absolute atomic E-state index is 12.5. The largest absolute Gasteiger partial charge is 0.441 e. The van der Waals surface area contributed by atoms with Crippen LogP contribution in [0.5, 0.6) is 0 Å². The summed E-state index contributed by atoms with van der Waals surface area (Å²) in [5.41, 5.74) is 3.71. The van der Waals surface area contributed by atoms with Crippen LogP contribution in [0.1, 0.15) is 62.0 Å². The molecule has 29 heavy (non-hydrogen) atoms. The number of rotatable bonds is 9. The second-order valence-corrected chi connectivity index (χ2v) is 9.99. The molecular formula is C23H29NO4S. The lowest BCUT2D eigenvalue weighted by molar-refractivity contribution is -0.116. The number of hydrogen-bond donors (Lipinski definition) is 0. The fourth-order valence-electron chi connectivity index (χ4n) is 3.60. The molecule has 0 saturated heterocycles. The molecule has 0 spiro atoms. The Hall–Kier alpha value is -2.21. The van der Waals surface area contributed by atoms with Gasteiger partial charge in [-0.3, -0.25) is 4.79 Å². The Labute approximate surface area is 173 Å². The van der Waals surface area contributed by atoms with E-state index in [1.165, 1.54) is 18.4 Å². The van der Waals surface area contributed by atoms with Gasteiger partial charge in [0.05, 0.1) is 11.4 Å². The summed E-state index contributed by atoms with van der Waals surface area (Å²) in [5.74, 6) is -0.0505. The van der Waals surface area contributed by atoms with Crippen molar-refractivity contribution in [3.05, 3.63) is 52.9 Å². The van der Waals surface area contributed by atoms with Crippen LogP contribution in [0.25, 0.3) is 11.5 Å².